The van der Waals surface area contributed by atoms with Gasteiger partial charge >= 0.3 is 5.97 Å². The topological polar surface area (TPSA) is 159 Å². The summed E-state index contributed by atoms with van der Waals surface area (Å²) >= 11 is 12.4. The fourth-order valence-corrected chi connectivity index (χ4v) is 7.88. The number of amides is 3. The van der Waals surface area contributed by atoms with E-state index in [0.29, 0.717) is 39.6 Å². The van der Waals surface area contributed by atoms with Crippen LogP contribution in [-0.2, 0) is 30.5 Å². The van der Waals surface area contributed by atoms with Crippen molar-refractivity contribution in [3.63, 3.8) is 0 Å². The SMILES string of the molecule is Cc1cc(Cl)cc(C2(C)CC(c3ccc(C(=O)N4CNC(=O)C4)c(C)c3)=NO2)c1.Cc1cc(Cl)cc(C2(C)CC(c3ccc(C(=O)O)c(C)c3)=NO2)c1.Cl.O=C1CCCN1. The van der Waals surface area contributed by atoms with Crippen molar-refractivity contribution in [2.24, 2.45) is 10.3 Å². The molecule has 2 fully saturated rings. The molecule has 3 N–H and O–H groups in total. The second kappa shape index (κ2) is 18.9. The molecule has 0 bridgehead atoms. The molecule has 2 saturated heterocycles. The number of carbonyl (C=O) groups is 4. The number of aromatic carboxylic acids is 1. The lowest BCUT2D eigenvalue weighted by atomic mass is 9.88. The van der Waals surface area contributed by atoms with Gasteiger partial charge in [0.15, 0.2) is 11.2 Å². The lowest BCUT2D eigenvalue weighted by molar-refractivity contribution is -0.119. The Morgan fingerprint density at radius 2 is 1.22 bits per heavy atom. The van der Waals surface area contributed by atoms with Gasteiger partial charge < -0.3 is 30.3 Å². The summed E-state index contributed by atoms with van der Waals surface area (Å²) in [5, 5.41) is 24.4. The Bertz CT molecular complexity index is 2350. The van der Waals surface area contributed by atoms with Crippen molar-refractivity contribution in [3.05, 3.63) is 138 Å². The minimum absolute atomic E-state index is 0. The Kier molecular flexibility index (Phi) is 14.4. The van der Waals surface area contributed by atoms with Gasteiger partial charge in [0.25, 0.3) is 5.91 Å². The average molecular weight is 877 g/mol. The van der Waals surface area contributed by atoms with E-state index < -0.39 is 17.2 Å². The zero-order valence-corrected chi connectivity index (χ0v) is 36.6. The molecule has 8 rings (SSSR count). The van der Waals surface area contributed by atoms with Crippen molar-refractivity contribution in [3.8, 4) is 0 Å². The Morgan fingerprint density at radius 3 is 1.58 bits per heavy atom. The lowest BCUT2D eigenvalue weighted by Gasteiger charge is -2.22. The van der Waals surface area contributed by atoms with Crippen molar-refractivity contribution >= 4 is 70.7 Å². The van der Waals surface area contributed by atoms with E-state index in [4.69, 9.17) is 38.0 Å². The molecule has 4 aromatic rings. The smallest absolute Gasteiger partial charge is 0.335 e. The van der Waals surface area contributed by atoms with Gasteiger partial charge in [-0.3, -0.25) is 14.4 Å². The van der Waals surface area contributed by atoms with Crippen LogP contribution < -0.4 is 10.6 Å². The second-order valence-corrected chi connectivity index (χ2v) is 16.6. The first-order valence-corrected chi connectivity index (χ1v) is 20.0. The van der Waals surface area contributed by atoms with E-state index in [2.05, 4.69) is 27.0 Å². The van der Waals surface area contributed by atoms with Crippen LogP contribution in [0.3, 0.4) is 0 Å². The summed E-state index contributed by atoms with van der Waals surface area (Å²) in [4.78, 5) is 58.4. The summed E-state index contributed by atoms with van der Waals surface area (Å²) in [5.74, 6) is -1.02. The Hall–Kier alpha value is -5.43. The summed E-state index contributed by atoms with van der Waals surface area (Å²) in [6, 6.07) is 22.5. The average Bonchev–Trinajstić information content (AvgIpc) is 4.00. The molecular formula is C45H48Cl3N5O7. The van der Waals surface area contributed by atoms with Gasteiger partial charge in [-0.15, -0.1) is 12.4 Å². The molecule has 0 radical (unpaired) electrons. The summed E-state index contributed by atoms with van der Waals surface area (Å²) in [7, 11) is 0. The van der Waals surface area contributed by atoms with Crippen molar-refractivity contribution in [1.29, 1.82) is 0 Å². The zero-order chi connectivity index (χ0) is 42.6. The maximum atomic E-state index is 12.7. The number of nitrogens with zero attached hydrogens (tertiary/aromatic N) is 3. The van der Waals surface area contributed by atoms with Gasteiger partial charge in [0, 0.05) is 41.4 Å². The first kappa shape index (κ1) is 45.7. The number of rotatable bonds is 6. The summed E-state index contributed by atoms with van der Waals surface area (Å²) in [6.45, 7) is 12.9. The van der Waals surface area contributed by atoms with Gasteiger partial charge in [-0.2, -0.15) is 0 Å². The highest BCUT2D eigenvalue weighted by Crippen LogP contribution is 2.39. The number of aryl methyl sites for hydroxylation is 4. The molecule has 4 heterocycles. The maximum Gasteiger partial charge on any atom is 0.335 e. The zero-order valence-electron chi connectivity index (χ0n) is 34.3. The third-order valence-corrected chi connectivity index (χ3v) is 11.0. The number of oxime groups is 2. The second-order valence-electron chi connectivity index (χ2n) is 15.7. The highest BCUT2D eigenvalue weighted by atomic mass is 35.5. The Morgan fingerprint density at radius 1 is 0.717 bits per heavy atom. The number of nitrogens with one attached hydrogen (secondary N) is 2. The van der Waals surface area contributed by atoms with Crippen LogP contribution in [0.15, 0.2) is 83.1 Å². The molecule has 2 unspecified atom stereocenters. The summed E-state index contributed by atoms with van der Waals surface area (Å²) in [5.41, 5.74) is 8.76. The van der Waals surface area contributed by atoms with E-state index in [1.165, 1.54) is 4.90 Å². The fraction of sp³-hybridized carbons (Fsp3) is 0.333. The van der Waals surface area contributed by atoms with Crippen LogP contribution in [0.25, 0.3) is 0 Å². The van der Waals surface area contributed by atoms with Gasteiger partial charge in [0.2, 0.25) is 11.8 Å². The third-order valence-electron chi connectivity index (χ3n) is 10.6. The first-order chi connectivity index (χ1) is 27.9. The summed E-state index contributed by atoms with van der Waals surface area (Å²) in [6.07, 6.45) is 2.96. The number of carboxylic acid groups (broad SMARTS) is 1. The van der Waals surface area contributed by atoms with Crippen molar-refractivity contribution in [2.75, 3.05) is 19.8 Å². The third kappa shape index (κ3) is 10.7. The molecular weight excluding hydrogens is 829 g/mol. The quantitative estimate of drug-likeness (QED) is 0.175. The van der Waals surface area contributed by atoms with E-state index in [1.54, 1.807) is 25.1 Å². The predicted molar refractivity (Wildman–Crippen MR) is 234 cm³/mol. The number of hydrogen-bond acceptors (Lipinski definition) is 8. The highest BCUT2D eigenvalue weighted by molar-refractivity contribution is 6.31. The van der Waals surface area contributed by atoms with Gasteiger partial charge in [0.1, 0.15) is 6.54 Å². The van der Waals surface area contributed by atoms with Crippen molar-refractivity contribution in [1.82, 2.24) is 15.5 Å². The van der Waals surface area contributed by atoms with Gasteiger partial charge in [-0.25, -0.2) is 4.79 Å². The molecule has 4 aliphatic heterocycles. The van der Waals surface area contributed by atoms with E-state index in [0.717, 1.165) is 69.8 Å². The molecule has 12 nitrogen and oxygen atoms in total. The normalized spacial score (nSPS) is 20.2. The van der Waals surface area contributed by atoms with E-state index in [1.807, 2.05) is 83.1 Å². The van der Waals surface area contributed by atoms with E-state index >= 15 is 0 Å². The Labute approximate surface area is 365 Å². The van der Waals surface area contributed by atoms with E-state index in [-0.39, 0.29) is 43.3 Å². The minimum atomic E-state index is -0.928. The summed E-state index contributed by atoms with van der Waals surface area (Å²) < 4.78 is 0. The van der Waals surface area contributed by atoms with Crippen LogP contribution in [0.1, 0.15) is 105 Å². The molecule has 4 aliphatic rings. The first-order valence-electron chi connectivity index (χ1n) is 19.3. The molecule has 0 saturated carbocycles. The standard InChI is InChI=1S/C22H22ClN3O3.C19H18ClNO3.C4H7NO.ClH/c1-13-6-16(9-17(23)7-13)22(3)10-19(25-29-22)15-4-5-18(14(2)8-15)21(28)26-11-20(27)24-12-26;1-11-6-14(9-15(20)7-11)19(3)10-17(21-24-19)13-4-5-16(18(22)23)12(2)8-13;6-4-2-1-3-5-4;/h4-9H,10-12H2,1-3H3,(H,24,27);4-9H,10H2,1-3H3,(H,22,23);1-3H2,(H,5,6);1H. The maximum absolute atomic E-state index is 12.7. The Balaban J connectivity index is 0.000000199. The van der Waals surface area contributed by atoms with Gasteiger partial charge in [-0.05, 0) is 141 Å². The van der Waals surface area contributed by atoms with Crippen LogP contribution in [0.4, 0.5) is 0 Å². The van der Waals surface area contributed by atoms with Crippen LogP contribution in [-0.4, -0.2) is 64.9 Å². The van der Waals surface area contributed by atoms with E-state index in [9.17, 15) is 19.2 Å². The molecule has 316 valence electrons. The van der Waals surface area contributed by atoms with Crippen LogP contribution in [0.5, 0.6) is 0 Å². The monoisotopic (exact) mass is 875 g/mol. The van der Waals surface area contributed by atoms with Crippen molar-refractivity contribution in [2.45, 2.75) is 78.4 Å². The van der Waals surface area contributed by atoms with Crippen LogP contribution in [0, 0.1) is 27.7 Å². The van der Waals surface area contributed by atoms with Gasteiger partial charge in [-0.1, -0.05) is 57.8 Å². The fourth-order valence-electron chi connectivity index (χ4n) is 7.30. The highest BCUT2D eigenvalue weighted by Gasteiger charge is 2.38. The van der Waals surface area contributed by atoms with Gasteiger partial charge in [0.05, 0.1) is 23.7 Å². The molecule has 0 spiro atoms. The minimum Gasteiger partial charge on any atom is -0.478 e. The van der Waals surface area contributed by atoms with Crippen molar-refractivity contribution < 1.29 is 34.0 Å². The number of carbonyl (C=O) groups excluding carboxylic acids is 3. The number of halogens is 3. The molecule has 0 aliphatic carbocycles. The predicted octanol–water partition coefficient (Wildman–Crippen LogP) is 8.54. The number of hydrogen-bond donors (Lipinski definition) is 3. The molecule has 15 heteroatoms. The molecule has 60 heavy (non-hydrogen) atoms. The number of carboxylic acids is 1. The lowest BCUT2D eigenvalue weighted by Crippen LogP contribution is -2.30. The molecule has 3 amide bonds. The number of benzene rings is 4. The van der Waals surface area contributed by atoms with Crippen LogP contribution >= 0.6 is 35.6 Å². The van der Waals surface area contributed by atoms with Crippen LogP contribution in [0.2, 0.25) is 10.0 Å². The molecule has 2 atom stereocenters. The molecule has 0 aromatic heterocycles. The molecule has 4 aromatic carbocycles. The largest absolute Gasteiger partial charge is 0.478 e.